The van der Waals surface area contributed by atoms with E-state index >= 15 is 0 Å². The van der Waals surface area contributed by atoms with Gasteiger partial charge >= 0.3 is 12.3 Å². The van der Waals surface area contributed by atoms with Gasteiger partial charge in [-0.25, -0.2) is 14.4 Å². The number of fused-ring (bicyclic) bond motifs is 1. The minimum atomic E-state index is -4.60. The van der Waals surface area contributed by atoms with Crippen molar-refractivity contribution in [2.45, 2.75) is 25.7 Å². The van der Waals surface area contributed by atoms with Crippen molar-refractivity contribution in [1.29, 1.82) is 10.5 Å². The molecule has 1 amide bonds. The van der Waals surface area contributed by atoms with Crippen molar-refractivity contribution in [2.24, 2.45) is 0 Å². The third-order valence-corrected chi connectivity index (χ3v) is 6.73. The molecule has 0 aliphatic carbocycles. The van der Waals surface area contributed by atoms with Gasteiger partial charge in [0.1, 0.15) is 12.6 Å². The maximum Gasteiger partial charge on any atom is 0.416 e. The normalized spacial score (nSPS) is 14.5. The maximum absolute atomic E-state index is 13.6. The molecule has 4 aromatic rings. The number of ether oxygens (including phenoxy) is 1. The molecule has 1 aliphatic heterocycles. The summed E-state index contributed by atoms with van der Waals surface area (Å²) in [4.78, 5) is 19.9. The van der Waals surface area contributed by atoms with Gasteiger partial charge in [0.2, 0.25) is 5.95 Å². The first kappa shape index (κ1) is 27.9. The second kappa shape index (κ2) is 11.1. The van der Waals surface area contributed by atoms with E-state index in [0.717, 1.165) is 22.6 Å². The molecule has 0 spiro atoms. The van der Waals surface area contributed by atoms with E-state index in [1.165, 1.54) is 28.8 Å². The lowest BCUT2D eigenvalue weighted by Gasteiger charge is -2.34. The van der Waals surface area contributed by atoms with Gasteiger partial charge in [0.15, 0.2) is 0 Å². The van der Waals surface area contributed by atoms with Gasteiger partial charge in [0.05, 0.1) is 28.8 Å². The molecule has 0 N–H and O–H groups in total. The summed E-state index contributed by atoms with van der Waals surface area (Å²) in [6.45, 7) is 1.60. The Kier molecular flexibility index (Phi) is 7.38. The summed E-state index contributed by atoms with van der Waals surface area (Å²) in [5, 5.41) is 24.0. The highest BCUT2D eigenvalue weighted by Gasteiger charge is 2.38. The first-order valence-electron chi connectivity index (χ1n) is 12.6. The van der Waals surface area contributed by atoms with Crippen molar-refractivity contribution < 1.29 is 22.7 Å². The molecule has 2 heterocycles. The van der Waals surface area contributed by atoms with Crippen LogP contribution >= 0.6 is 0 Å². The smallest absolute Gasteiger partial charge is 0.416 e. The van der Waals surface area contributed by atoms with E-state index in [-0.39, 0.29) is 29.8 Å². The van der Waals surface area contributed by atoms with Gasteiger partial charge in [-0.15, -0.1) is 5.10 Å². The minimum Gasteiger partial charge on any atom is -0.444 e. The van der Waals surface area contributed by atoms with Crippen LogP contribution in [0.5, 0.6) is 0 Å². The highest BCUT2D eigenvalue weighted by atomic mass is 19.4. The molecule has 0 saturated carbocycles. The summed E-state index contributed by atoms with van der Waals surface area (Å²) in [7, 11) is 1.41. The van der Waals surface area contributed by atoms with Gasteiger partial charge in [0.25, 0.3) is 5.95 Å². The van der Waals surface area contributed by atoms with Crippen molar-refractivity contribution in [2.75, 3.05) is 16.8 Å². The van der Waals surface area contributed by atoms with E-state index in [2.05, 4.69) is 16.2 Å². The number of amides is 1. The van der Waals surface area contributed by atoms with Crippen LogP contribution in [0, 0.1) is 22.7 Å². The SMILES string of the molecule is CC1=C(C#N)[C@@H](c2ccc(C#N)cc2)n2nc(N(C)C(=O)OCc3ccccc3)nc2N1c1cccc(C(F)(F)F)c1. The van der Waals surface area contributed by atoms with Crippen LogP contribution in [-0.2, 0) is 17.5 Å². The molecule has 0 unspecified atom stereocenters. The van der Waals surface area contributed by atoms with Crippen LogP contribution in [0.15, 0.2) is 90.1 Å². The Bertz CT molecular complexity index is 1750. The van der Waals surface area contributed by atoms with Crippen molar-refractivity contribution in [1.82, 2.24) is 14.8 Å². The number of benzene rings is 3. The Balaban J connectivity index is 1.61. The molecule has 1 aliphatic rings. The van der Waals surface area contributed by atoms with Crippen LogP contribution < -0.4 is 9.80 Å². The quantitative estimate of drug-likeness (QED) is 0.270. The van der Waals surface area contributed by atoms with Crippen LogP contribution in [0.2, 0.25) is 0 Å². The number of anilines is 3. The largest absolute Gasteiger partial charge is 0.444 e. The molecule has 210 valence electrons. The number of allylic oxidation sites excluding steroid dienone is 2. The second-order valence-corrected chi connectivity index (χ2v) is 9.39. The van der Waals surface area contributed by atoms with E-state index in [1.54, 1.807) is 43.3 Å². The Hall–Kier alpha value is -5.62. The maximum atomic E-state index is 13.6. The number of hydrogen-bond acceptors (Lipinski definition) is 7. The van der Waals surface area contributed by atoms with Gasteiger partial charge in [0, 0.05) is 18.4 Å². The second-order valence-electron chi connectivity index (χ2n) is 9.39. The first-order valence-corrected chi connectivity index (χ1v) is 12.6. The average Bonchev–Trinajstić information content (AvgIpc) is 3.43. The lowest BCUT2D eigenvalue weighted by Crippen LogP contribution is -2.31. The van der Waals surface area contributed by atoms with Crippen LogP contribution in [0.3, 0.4) is 0 Å². The Morgan fingerprint density at radius 2 is 1.74 bits per heavy atom. The summed E-state index contributed by atoms with van der Waals surface area (Å²) in [6, 6.07) is 23.6. The summed E-state index contributed by atoms with van der Waals surface area (Å²) in [5.41, 5.74) is 1.49. The zero-order chi connectivity index (χ0) is 30.0. The van der Waals surface area contributed by atoms with E-state index < -0.39 is 23.9 Å². The number of hydrogen-bond donors (Lipinski definition) is 0. The summed E-state index contributed by atoms with van der Waals surface area (Å²) < 4.78 is 47.6. The highest BCUT2D eigenvalue weighted by Crippen LogP contribution is 2.43. The van der Waals surface area contributed by atoms with E-state index in [9.17, 15) is 28.5 Å². The number of alkyl halides is 3. The third kappa shape index (κ3) is 5.25. The Morgan fingerprint density at radius 3 is 2.38 bits per heavy atom. The molecular weight excluding hydrogens is 547 g/mol. The van der Waals surface area contributed by atoms with Crippen molar-refractivity contribution in [3.63, 3.8) is 0 Å². The third-order valence-electron chi connectivity index (χ3n) is 6.73. The number of nitriles is 2. The standard InChI is InChI=1S/C30H22F3N7O2/c1-19-25(17-35)26(22-13-11-20(16-34)12-14-22)40-28(39(19)24-10-6-9-23(15-24)30(31,32)33)36-27(37-40)38(2)29(41)42-18-21-7-4-3-5-8-21/h3-15,26H,18H2,1-2H3/t26-/m1/s1. The van der Waals surface area contributed by atoms with E-state index in [1.807, 2.05) is 24.3 Å². The molecular formula is C30H22F3N7O2. The first-order chi connectivity index (χ1) is 20.1. The molecule has 0 fully saturated rings. The van der Waals surface area contributed by atoms with Gasteiger partial charge in [-0.2, -0.15) is 28.7 Å². The fraction of sp³-hybridized carbons (Fsp3) is 0.167. The number of nitrogens with zero attached hydrogens (tertiary/aromatic N) is 7. The predicted molar refractivity (Wildman–Crippen MR) is 146 cm³/mol. The van der Waals surface area contributed by atoms with Crippen LogP contribution in [0.25, 0.3) is 0 Å². The molecule has 1 aromatic heterocycles. The van der Waals surface area contributed by atoms with Crippen molar-refractivity contribution in [3.05, 3.63) is 112 Å². The molecule has 9 nitrogen and oxygen atoms in total. The number of halogens is 3. The number of carbonyl (C=O) groups is 1. The topological polar surface area (TPSA) is 111 Å². The lowest BCUT2D eigenvalue weighted by atomic mass is 9.95. The molecule has 0 saturated heterocycles. The van der Waals surface area contributed by atoms with Gasteiger partial charge in [-0.05, 0) is 48.4 Å². The molecule has 3 aromatic carbocycles. The van der Waals surface area contributed by atoms with Crippen LogP contribution in [-0.4, -0.2) is 27.9 Å². The molecule has 5 rings (SSSR count). The van der Waals surface area contributed by atoms with Crippen LogP contribution in [0.4, 0.5) is 35.5 Å². The minimum absolute atomic E-state index is 0.00104. The number of aromatic nitrogens is 3. The highest BCUT2D eigenvalue weighted by molar-refractivity contribution is 5.85. The van der Waals surface area contributed by atoms with Gasteiger partial charge in [-0.1, -0.05) is 48.5 Å². The van der Waals surface area contributed by atoms with Gasteiger partial charge in [-0.3, -0.25) is 4.90 Å². The van der Waals surface area contributed by atoms with Gasteiger partial charge < -0.3 is 4.74 Å². The Labute approximate surface area is 238 Å². The van der Waals surface area contributed by atoms with E-state index in [4.69, 9.17) is 4.74 Å². The molecule has 12 heteroatoms. The lowest BCUT2D eigenvalue weighted by molar-refractivity contribution is -0.137. The fourth-order valence-corrected chi connectivity index (χ4v) is 4.58. The van der Waals surface area contributed by atoms with Crippen molar-refractivity contribution in [3.8, 4) is 12.1 Å². The Morgan fingerprint density at radius 1 is 1.02 bits per heavy atom. The zero-order valence-electron chi connectivity index (χ0n) is 22.4. The summed E-state index contributed by atoms with van der Waals surface area (Å²) in [6.07, 6.45) is -5.36. The van der Waals surface area contributed by atoms with Crippen LogP contribution in [0.1, 0.15) is 35.2 Å². The summed E-state index contributed by atoms with van der Waals surface area (Å²) in [5.74, 6) is -0.0106. The molecule has 0 radical (unpaired) electrons. The fourth-order valence-electron chi connectivity index (χ4n) is 4.58. The zero-order valence-corrected chi connectivity index (χ0v) is 22.4. The van der Waals surface area contributed by atoms with E-state index in [0.29, 0.717) is 16.8 Å². The molecule has 0 bridgehead atoms. The van der Waals surface area contributed by atoms with Crippen molar-refractivity contribution >= 4 is 23.7 Å². The average molecular weight is 570 g/mol. The molecule has 1 atom stereocenters. The predicted octanol–water partition coefficient (Wildman–Crippen LogP) is 6.48. The monoisotopic (exact) mass is 569 g/mol. The molecule has 42 heavy (non-hydrogen) atoms. The number of rotatable bonds is 5. The number of carbonyl (C=O) groups excluding carboxylic acids is 1. The summed E-state index contributed by atoms with van der Waals surface area (Å²) >= 11 is 0.